The second kappa shape index (κ2) is 6.79. The third-order valence-electron chi connectivity index (χ3n) is 3.14. The van der Waals surface area contributed by atoms with Gasteiger partial charge in [-0.05, 0) is 54.8 Å². The third kappa shape index (κ3) is 3.88. The predicted octanol–water partition coefficient (Wildman–Crippen LogP) is 3.23. The first-order chi connectivity index (χ1) is 9.69. The molecule has 102 valence electrons. The van der Waals surface area contributed by atoms with E-state index in [0.29, 0.717) is 6.61 Å². The second-order valence-electron chi connectivity index (χ2n) is 4.69. The maximum absolute atomic E-state index is 8.64. The lowest BCUT2D eigenvalue weighted by Crippen LogP contribution is -1.96. The molecule has 0 unspecified atom stereocenters. The van der Waals surface area contributed by atoms with Gasteiger partial charge in [0.05, 0.1) is 0 Å². The lowest BCUT2D eigenvalue weighted by molar-refractivity contribution is 0.306. The highest BCUT2D eigenvalue weighted by atomic mass is 16.5. The van der Waals surface area contributed by atoms with Crippen LogP contribution in [0.5, 0.6) is 5.75 Å². The van der Waals surface area contributed by atoms with Crippen molar-refractivity contribution in [1.82, 2.24) is 0 Å². The summed E-state index contributed by atoms with van der Waals surface area (Å²) in [6.07, 6.45) is 0. The molecule has 0 fully saturated rings. The standard InChI is InChI=1S/C18H18O2/c1-14-5-6-17(12-15(14)2)13-20-18-9-7-16(8-10-18)4-3-11-19/h5-10,12,19H,11,13H2,1-2H3. The van der Waals surface area contributed by atoms with E-state index >= 15 is 0 Å². The predicted molar refractivity (Wildman–Crippen MR) is 80.7 cm³/mol. The molecule has 2 heteroatoms. The fourth-order valence-corrected chi connectivity index (χ4v) is 1.84. The number of ether oxygens (including phenoxy) is 1. The Morgan fingerprint density at radius 2 is 1.75 bits per heavy atom. The Morgan fingerprint density at radius 3 is 2.40 bits per heavy atom. The van der Waals surface area contributed by atoms with Crippen molar-refractivity contribution >= 4 is 0 Å². The summed E-state index contributed by atoms with van der Waals surface area (Å²) in [5, 5.41) is 8.64. The minimum atomic E-state index is -0.120. The number of hydrogen-bond acceptors (Lipinski definition) is 2. The van der Waals surface area contributed by atoms with Gasteiger partial charge in [-0.15, -0.1) is 0 Å². The highest BCUT2D eigenvalue weighted by molar-refractivity contribution is 5.38. The van der Waals surface area contributed by atoms with Crippen molar-refractivity contribution in [2.24, 2.45) is 0 Å². The number of hydrogen-bond donors (Lipinski definition) is 1. The number of aliphatic hydroxyl groups excluding tert-OH is 1. The van der Waals surface area contributed by atoms with Gasteiger partial charge in [-0.3, -0.25) is 0 Å². The summed E-state index contributed by atoms with van der Waals surface area (Å²) in [5.41, 5.74) is 4.61. The highest BCUT2D eigenvalue weighted by Gasteiger charge is 1.98. The van der Waals surface area contributed by atoms with E-state index in [0.717, 1.165) is 16.9 Å². The molecule has 0 amide bonds. The van der Waals surface area contributed by atoms with Gasteiger partial charge in [0.2, 0.25) is 0 Å². The van der Waals surface area contributed by atoms with E-state index in [1.54, 1.807) is 0 Å². The van der Waals surface area contributed by atoms with Crippen LogP contribution in [0.2, 0.25) is 0 Å². The summed E-state index contributed by atoms with van der Waals surface area (Å²) in [5.74, 6) is 6.29. The van der Waals surface area contributed by atoms with Crippen LogP contribution in [-0.2, 0) is 6.61 Å². The first-order valence-corrected chi connectivity index (χ1v) is 6.58. The van der Waals surface area contributed by atoms with Crippen LogP contribution >= 0.6 is 0 Å². The lowest BCUT2D eigenvalue weighted by Gasteiger charge is -2.08. The van der Waals surface area contributed by atoms with Gasteiger partial charge in [0.25, 0.3) is 0 Å². The monoisotopic (exact) mass is 266 g/mol. The summed E-state index contributed by atoms with van der Waals surface area (Å²) in [4.78, 5) is 0. The SMILES string of the molecule is Cc1ccc(COc2ccc(C#CCO)cc2)cc1C. The molecule has 0 saturated carbocycles. The third-order valence-corrected chi connectivity index (χ3v) is 3.14. The molecule has 0 atom stereocenters. The summed E-state index contributed by atoms with van der Waals surface area (Å²) < 4.78 is 5.75. The largest absolute Gasteiger partial charge is 0.489 e. The summed E-state index contributed by atoms with van der Waals surface area (Å²) >= 11 is 0. The Morgan fingerprint density at radius 1 is 1.00 bits per heavy atom. The zero-order valence-electron chi connectivity index (χ0n) is 11.8. The topological polar surface area (TPSA) is 29.5 Å². The van der Waals surface area contributed by atoms with Gasteiger partial charge in [-0.2, -0.15) is 0 Å². The molecule has 20 heavy (non-hydrogen) atoms. The molecule has 0 saturated heterocycles. The van der Waals surface area contributed by atoms with E-state index < -0.39 is 0 Å². The average molecular weight is 266 g/mol. The number of benzene rings is 2. The van der Waals surface area contributed by atoms with E-state index in [9.17, 15) is 0 Å². The minimum absolute atomic E-state index is 0.120. The highest BCUT2D eigenvalue weighted by Crippen LogP contribution is 2.15. The molecule has 2 aromatic rings. The van der Waals surface area contributed by atoms with Crippen molar-refractivity contribution in [1.29, 1.82) is 0 Å². The van der Waals surface area contributed by atoms with Crippen molar-refractivity contribution in [3.63, 3.8) is 0 Å². The molecule has 1 N–H and O–H groups in total. The summed E-state index contributed by atoms with van der Waals surface area (Å²) in [7, 11) is 0. The Kier molecular flexibility index (Phi) is 4.81. The Labute approximate surface area is 120 Å². The zero-order valence-corrected chi connectivity index (χ0v) is 11.8. The number of aryl methyl sites for hydroxylation is 2. The molecular weight excluding hydrogens is 248 g/mol. The van der Waals surface area contributed by atoms with Gasteiger partial charge < -0.3 is 9.84 Å². The summed E-state index contributed by atoms with van der Waals surface area (Å²) in [6, 6.07) is 13.9. The van der Waals surface area contributed by atoms with Gasteiger partial charge >= 0.3 is 0 Å². The van der Waals surface area contributed by atoms with E-state index in [4.69, 9.17) is 9.84 Å². The van der Waals surface area contributed by atoms with Crippen LogP contribution in [0.15, 0.2) is 42.5 Å². The van der Waals surface area contributed by atoms with Gasteiger partial charge in [-0.25, -0.2) is 0 Å². The molecule has 0 aliphatic carbocycles. The van der Waals surface area contributed by atoms with Gasteiger partial charge in [-0.1, -0.05) is 30.0 Å². The normalized spacial score (nSPS) is 9.75. The molecule has 0 aromatic heterocycles. The Balaban J connectivity index is 1.98. The summed E-state index contributed by atoms with van der Waals surface area (Å²) in [6.45, 7) is 4.65. The Hall–Kier alpha value is -2.24. The molecular formula is C18H18O2. The lowest BCUT2D eigenvalue weighted by atomic mass is 10.1. The Bertz CT molecular complexity index is 631. The number of rotatable bonds is 3. The van der Waals surface area contributed by atoms with E-state index in [1.807, 2.05) is 24.3 Å². The molecule has 2 aromatic carbocycles. The van der Waals surface area contributed by atoms with Gasteiger partial charge in [0, 0.05) is 5.56 Å². The quantitative estimate of drug-likeness (QED) is 0.864. The fourth-order valence-electron chi connectivity index (χ4n) is 1.84. The number of aliphatic hydroxyl groups is 1. The first-order valence-electron chi connectivity index (χ1n) is 6.58. The van der Waals surface area contributed by atoms with Crippen molar-refractivity contribution in [2.75, 3.05) is 6.61 Å². The second-order valence-corrected chi connectivity index (χ2v) is 4.69. The fraction of sp³-hybridized carbons (Fsp3) is 0.222. The van der Waals surface area contributed by atoms with Crippen molar-refractivity contribution in [3.05, 3.63) is 64.7 Å². The van der Waals surface area contributed by atoms with Crippen molar-refractivity contribution in [2.45, 2.75) is 20.5 Å². The molecule has 0 radical (unpaired) electrons. The molecule has 0 aliphatic heterocycles. The molecule has 0 heterocycles. The van der Waals surface area contributed by atoms with Crippen molar-refractivity contribution < 1.29 is 9.84 Å². The van der Waals surface area contributed by atoms with E-state index in [-0.39, 0.29) is 6.61 Å². The van der Waals surface area contributed by atoms with Crippen LogP contribution in [0.4, 0.5) is 0 Å². The van der Waals surface area contributed by atoms with Crippen LogP contribution in [-0.4, -0.2) is 11.7 Å². The minimum Gasteiger partial charge on any atom is -0.489 e. The van der Waals surface area contributed by atoms with Crippen LogP contribution in [0.1, 0.15) is 22.3 Å². The van der Waals surface area contributed by atoms with Crippen LogP contribution in [0.3, 0.4) is 0 Å². The molecule has 2 nitrogen and oxygen atoms in total. The van der Waals surface area contributed by atoms with Crippen molar-refractivity contribution in [3.8, 4) is 17.6 Å². The average Bonchev–Trinajstić information content (AvgIpc) is 2.47. The maximum Gasteiger partial charge on any atom is 0.119 e. The van der Waals surface area contributed by atoms with E-state index in [1.165, 1.54) is 11.1 Å². The molecule has 0 aliphatic rings. The molecule has 0 bridgehead atoms. The van der Waals surface area contributed by atoms with Gasteiger partial charge in [0.1, 0.15) is 19.0 Å². The van der Waals surface area contributed by atoms with Gasteiger partial charge in [0.15, 0.2) is 0 Å². The van der Waals surface area contributed by atoms with E-state index in [2.05, 4.69) is 43.9 Å². The van der Waals surface area contributed by atoms with Crippen LogP contribution < -0.4 is 4.74 Å². The smallest absolute Gasteiger partial charge is 0.119 e. The molecule has 2 rings (SSSR count). The molecule has 0 spiro atoms. The maximum atomic E-state index is 8.64. The zero-order chi connectivity index (χ0) is 14.4. The van der Waals surface area contributed by atoms with Crippen LogP contribution in [0, 0.1) is 25.7 Å². The van der Waals surface area contributed by atoms with Crippen LogP contribution in [0.25, 0.3) is 0 Å². The first kappa shape index (κ1) is 14.2.